The molecule has 3 N–H and O–H groups in total. The van der Waals surface area contributed by atoms with Crippen LogP contribution in [0.4, 0.5) is 5.82 Å². The van der Waals surface area contributed by atoms with Crippen molar-refractivity contribution in [3.8, 4) is 0 Å². The summed E-state index contributed by atoms with van der Waals surface area (Å²) in [4.78, 5) is 12.8. The SMILES string of the molecule is CC(C)(C)CC(N)CNc1ccc2nccnc2n1. The van der Waals surface area contributed by atoms with Crippen molar-refractivity contribution in [3.63, 3.8) is 0 Å². The molecule has 2 aromatic rings. The summed E-state index contributed by atoms with van der Waals surface area (Å²) in [6, 6.07) is 3.92. The average Bonchev–Trinajstić information content (AvgIpc) is 2.34. The summed E-state index contributed by atoms with van der Waals surface area (Å²) in [5, 5.41) is 3.26. The lowest BCUT2D eigenvalue weighted by molar-refractivity contribution is 0.344. The first-order valence-corrected chi connectivity index (χ1v) is 6.51. The standard InChI is InChI=1S/C14H21N5/c1-14(2,3)8-10(15)9-18-12-5-4-11-13(19-12)17-7-6-16-11/h4-7,10H,8-9,15H2,1-3H3,(H,17,18,19). The van der Waals surface area contributed by atoms with Gasteiger partial charge >= 0.3 is 0 Å². The minimum absolute atomic E-state index is 0.111. The number of nitrogens with zero attached hydrogens (tertiary/aromatic N) is 3. The van der Waals surface area contributed by atoms with E-state index < -0.39 is 0 Å². The number of fused-ring (bicyclic) bond motifs is 1. The highest BCUT2D eigenvalue weighted by Crippen LogP contribution is 2.20. The van der Waals surface area contributed by atoms with Crippen LogP contribution >= 0.6 is 0 Å². The van der Waals surface area contributed by atoms with Crippen LogP contribution in [0, 0.1) is 5.41 Å². The Kier molecular flexibility index (Phi) is 3.95. The molecule has 0 aromatic carbocycles. The maximum Gasteiger partial charge on any atom is 0.180 e. The van der Waals surface area contributed by atoms with Crippen molar-refractivity contribution in [1.82, 2.24) is 15.0 Å². The Hall–Kier alpha value is -1.75. The van der Waals surface area contributed by atoms with E-state index in [9.17, 15) is 0 Å². The summed E-state index contributed by atoms with van der Waals surface area (Å²) in [7, 11) is 0. The Morgan fingerprint density at radius 1 is 1.21 bits per heavy atom. The molecule has 2 rings (SSSR count). The van der Waals surface area contributed by atoms with Crippen LogP contribution in [0.3, 0.4) is 0 Å². The Labute approximate surface area is 113 Å². The molecule has 0 fully saturated rings. The second-order valence-corrected chi connectivity index (χ2v) is 6.00. The maximum absolute atomic E-state index is 6.10. The van der Waals surface area contributed by atoms with Crippen molar-refractivity contribution in [2.24, 2.45) is 11.1 Å². The summed E-state index contributed by atoms with van der Waals surface area (Å²) in [6.45, 7) is 7.28. The molecule has 0 bridgehead atoms. The molecule has 5 heteroatoms. The minimum Gasteiger partial charge on any atom is -0.368 e. The molecular formula is C14H21N5. The number of pyridine rings is 1. The summed E-state index contributed by atoms with van der Waals surface area (Å²) < 4.78 is 0. The van der Waals surface area contributed by atoms with Gasteiger partial charge in [-0.15, -0.1) is 0 Å². The van der Waals surface area contributed by atoms with E-state index in [2.05, 4.69) is 41.0 Å². The van der Waals surface area contributed by atoms with Crippen LogP contribution in [0.15, 0.2) is 24.5 Å². The molecule has 0 aliphatic carbocycles. The van der Waals surface area contributed by atoms with Gasteiger partial charge in [-0.25, -0.2) is 9.97 Å². The van der Waals surface area contributed by atoms with Gasteiger partial charge < -0.3 is 11.1 Å². The fourth-order valence-electron chi connectivity index (χ4n) is 2.05. The van der Waals surface area contributed by atoms with E-state index in [4.69, 9.17) is 5.73 Å². The fraction of sp³-hybridized carbons (Fsp3) is 0.500. The largest absolute Gasteiger partial charge is 0.368 e. The molecule has 5 nitrogen and oxygen atoms in total. The highest BCUT2D eigenvalue weighted by atomic mass is 15.0. The van der Waals surface area contributed by atoms with Crippen molar-refractivity contribution in [2.75, 3.05) is 11.9 Å². The van der Waals surface area contributed by atoms with E-state index in [-0.39, 0.29) is 11.5 Å². The monoisotopic (exact) mass is 259 g/mol. The van der Waals surface area contributed by atoms with Gasteiger partial charge in [0.1, 0.15) is 11.3 Å². The number of hydrogen-bond acceptors (Lipinski definition) is 5. The van der Waals surface area contributed by atoms with Crippen molar-refractivity contribution in [1.29, 1.82) is 0 Å². The molecule has 0 aliphatic heterocycles. The lowest BCUT2D eigenvalue weighted by Crippen LogP contribution is -2.33. The fourth-order valence-corrected chi connectivity index (χ4v) is 2.05. The molecule has 19 heavy (non-hydrogen) atoms. The third-order valence-electron chi connectivity index (χ3n) is 2.75. The first-order valence-electron chi connectivity index (χ1n) is 6.51. The number of aromatic nitrogens is 3. The number of hydrogen-bond donors (Lipinski definition) is 2. The average molecular weight is 259 g/mol. The molecular weight excluding hydrogens is 238 g/mol. The van der Waals surface area contributed by atoms with Crippen molar-refractivity contribution in [3.05, 3.63) is 24.5 Å². The van der Waals surface area contributed by atoms with Crippen LogP contribution in [0.2, 0.25) is 0 Å². The van der Waals surface area contributed by atoms with Gasteiger partial charge in [-0.05, 0) is 24.0 Å². The Bertz CT molecular complexity index is 547. The predicted molar refractivity (Wildman–Crippen MR) is 77.9 cm³/mol. The number of rotatable bonds is 4. The van der Waals surface area contributed by atoms with Gasteiger partial charge in [-0.3, -0.25) is 4.98 Å². The molecule has 0 radical (unpaired) electrons. The Morgan fingerprint density at radius 2 is 1.95 bits per heavy atom. The van der Waals surface area contributed by atoms with E-state index in [0.717, 1.165) is 17.8 Å². The van der Waals surface area contributed by atoms with E-state index in [1.54, 1.807) is 12.4 Å². The normalized spacial score (nSPS) is 13.5. The van der Waals surface area contributed by atoms with Gasteiger partial charge in [0.15, 0.2) is 5.65 Å². The quantitative estimate of drug-likeness (QED) is 0.880. The molecule has 1 unspecified atom stereocenters. The van der Waals surface area contributed by atoms with Gasteiger partial charge in [0.25, 0.3) is 0 Å². The zero-order valence-electron chi connectivity index (χ0n) is 11.7. The summed E-state index contributed by atoms with van der Waals surface area (Å²) in [5.74, 6) is 0.789. The number of nitrogens with two attached hydrogens (primary N) is 1. The lowest BCUT2D eigenvalue weighted by Gasteiger charge is -2.23. The van der Waals surface area contributed by atoms with E-state index >= 15 is 0 Å². The second kappa shape index (κ2) is 5.48. The molecule has 0 aliphatic rings. The van der Waals surface area contributed by atoms with E-state index in [1.165, 1.54) is 0 Å². The third kappa shape index (κ3) is 4.13. The summed E-state index contributed by atoms with van der Waals surface area (Å²) in [6.07, 6.45) is 4.27. The molecule has 102 valence electrons. The van der Waals surface area contributed by atoms with Gasteiger partial charge in [0.2, 0.25) is 0 Å². The van der Waals surface area contributed by atoms with Crippen LogP contribution in [-0.4, -0.2) is 27.5 Å². The number of nitrogens with one attached hydrogen (secondary N) is 1. The smallest absolute Gasteiger partial charge is 0.180 e. The van der Waals surface area contributed by atoms with Crippen molar-refractivity contribution < 1.29 is 0 Å². The van der Waals surface area contributed by atoms with E-state index in [0.29, 0.717) is 12.2 Å². The first-order chi connectivity index (χ1) is 8.94. The first kappa shape index (κ1) is 13.7. The van der Waals surface area contributed by atoms with Crippen molar-refractivity contribution >= 4 is 17.0 Å². The molecule has 0 saturated carbocycles. The molecule has 1 atom stereocenters. The highest BCUT2D eigenvalue weighted by molar-refractivity contribution is 5.71. The van der Waals surface area contributed by atoms with Crippen LogP contribution in [0.1, 0.15) is 27.2 Å². The maximum atomic E-state index is 6.10. The van der Waals surface area contributed by atoms with Gasteiger partial charge in [-0.2, -0.15) is 0 Å². The summed E-state index contributed by atoms with van der Waals surface area (Å²) >= 11 is 0. The Morgan fingerprint density at radius 3 is 2.68 bits per heavy atom. The van der Waals surface area contributed by atoms with Gasteiger partial charge in [0, 0.05) is 25.0 Å². The minimum atomic E-state index is 0.111. The number of anilines is 1. The van der Waals surface area contributed by atoms with Crippen LogP contribution < -0.4 is 11.1 Å². The molecule has 0 spiro atoms. The van der Waals surface area contributed by atoms with Crippen LogP contribution in [0.25, 0.3) is 11.2 Å². The zero-order valence-corrected chi connectivity index (χ0v) is 11.7. The zero-order chi connectivity index (χ0) is 13.9. The Balaban J connectivity index is 1.98. The molecule has 2 heterocycles. The third-order valence-corrected chi connectivity index (χ3v) is 2.75. The van der Waals surface area contributed by atoms with Crippen LogP contribution in [0.5, 0.6) is 0 Å². The van der Waals surface area contributed by atoms with E-state index in [1.807, 2.05) is 12.1 Å². The van der Waals surface area contributed by atoms with Crippen LogP contribution in [-0.2, 0) is 0 Å². The molecule has 2 aromatic heterocycles. The highest BCUT2D eigenvalue weighted by Gasteiger charge is 2.15. The van der Waals surface area contributed by atoms with Gasteiger partial charge in [0.05, 0.1) is 0 Å². The van der Waals surface area contributed by atoms with Crippen molar-refractivity contribution in [2.45, 2.75) is 33.2 Å². The predicted octanol–water partition coefficient (Wildman–Crippen LogP) is 2.20. The molecule has 0 saturated heterocycles. The summed E-state index contributed by atoms with van der Waals surface area (Å²) in [5.41, 5.74) is 7.79. The lowest BCUT2D eigenvalue weighted by atomic mass is 9.88. The molecule has 0 amide bonds. The topological polar surface area (TPSA) is 76.7 Å². The van der Waals surface area contributed by atoms with Gasteiger partial charge in [-0.1, -0.05) is 20.8 Å². The second-order valence-electron chi connectivity index (χ2n) is 6.00.